The molecule has 0 saturated carbocycles. The van der Waals surface area contributed by atoms with Crippen molar-refractivity contribution in [3.05, 3.63) is 99.3 Å². The van der Waals surface area contributed by atoms with Crippen molar-refractivity contribution in [3.8, 4) is 17.0 Å². The molecule has 1 aliphatic rings. The van der Waals surface area contributed by atoms with Gasteiger partial charge in [0.15, 0.2) is 0 Å². The molecular weight excluding hydrogens is 717 g/mol. The summed E-state index contributed by atoms with van der Waals surface area (Å²) in [6.07, 6.45) is 4.54. The highest BCUT2D eigenvalue weighted by Gasteiger charge is 2.28. The van der Waals surface area contributed by atoms with Crippen molar-refractivity contribution >= 4 is 51.0 Å². The van der Waals surface area contributed by atoms with E-state index in [4.69, 9.17) is 35.6 Å². The van der Waals surface area contributed by atoms with E-state index in [1.54, 1.807) is 31.0 Å². The lowest BCUT2D eigenvalue weighted by molar-refractivity contribution is 0.0567. The number of rotatable bonds is 7. The Bertz CT molecular complexity index is 2280. The number of nitrogens with zero attached hydrogens (tertiary/aromatic N) is 5. The highest BCUT2D eigenvalue weighted by Crippen LogP contribution is 2.42. The molecule has 0 fully saturated rings. The predicted molar refractivity (Wildman–Crippen MR) is 207 cm³/mol. The fraction of sp³-hybridized carbons (Fsp3) is 0.375. The molecule has 6 aromatic rings. The first-order valence-electron chi connectivity index (χ1n) is 17.7. The van der Waals surface area contributed by atoms with Crippen molar-refractivity contribution in [2.24, 2.45) is 14.1 Å². The van der Waals surface area contributed by atoms with Crippen LogP contribution in [0.15, 0.2) is 54.7 Å². The largest absolute Gasteiger partial charge is 0.493 e. The van der Waals surface area contributed by atoms with E-state index < -0.39 is 5.97 Å². The van der Waals surface area contributed by atoms with Crippen LogP contribution in [0.4, 0.5) is 4.39 Å². The molecule has 0 atom stereocenters. The van der Waals surface area contributed by atoms with E-state index in [2.05, 4.69) is 17.2 Å². The molecule has 4 heterocycles. The summed E-state index contributed by atoms with van der Waals surface area (Å²) in [5.74, 6) is 1.35. The second-order valence-corrected chi connectivity index (χ2v) is 14.6. The van der Waals surface area contributed by atoms with Crippen molar-refractivity contribution in [2.45, 2.75) is 43.7 Å². The smallest absolute Gasteiger partial charge is 0.354 e. The van der Waals surface area contributed by atoms with Gasteiger partial charge in [-0.3, -0.25) is 9.36 Å². The van der Waals surface area contributed by atoms with Crippen LogP contribution in [0, 0.1) is 5.82 Å². The fourth-order valence-corrected chi connectivity index (χ4v) is 8.44. The fourth-order valence-electron chi connectivity index (χ4n) is 7.31. The summed E-state index contributed by atoms with van der Waals surface area (Å²) in [6.45, 7) is 1.98. The number of aromatic nitrogens is 5. The first kappa shape index (κ1) is 37.0. The number of halogens is 2. The molecule has 0 saturated heterocycles. The van der Waals surface area contributed by atoms with E-state index in [9.17, 15) is 9.18 Å². The number of hydrogen-bond acceptors (Lipinski definition) is 8. The van der Waals surface area contributed by atoms with Crippen molar-refractivity contribution in [3.63, 3.8) is 0 Å². The average molecular weight is 760 g/mol. The molecule has 1 aliphatic heterocycles. The van der Waals surface area contributed by atoms with Gasteiger partial charge < -0.3 is 23.5 Å². The molecule has 0 radical (unpaired) electrons. The minimum atomic E-state index is -0.443. The molecule has 10 nitrogen and oxygen atoms in total. The van der Waals surface area contributed by atoms with E-state index in [0.29, 0.717) is 73.8 Å². The third kappa shape index (κ3) is 7.68. The normalized spacial score (nSPS) is 13.9. The van der Waals surface area contributed by atoms with Crippen LogP contribution in [0.5, 0.6) is 5.75 Å². The highest BCUT2D eigenvalue weighted by molar-refractivity contribution is 7.97. The van der Waals surface area contributed by atoms with Crippen LogP contribution in [-0.4, -0.2) is 70.7 Å². The number of esters is 1. The summed E-state index contributed by atoms with van der Waals surface area (Å²) in [5, 5.41) is 12.6. The van der Waals surface area contributed by atoms with Crippen LogP contribution in [-0.2, 0) is 65.6 Å². The lowest BCUT2D eigenvalue weighted by Gasteiger charge is -2.15. The maximum atomic E-state index is 14.4. The van der Waals surface area contributed by atoms with E-state index >= 15 is 0 Å². The minimum absolute atomic E-state index is 0.292. The monoisotopic (exact) mass is 759 g/mol. The molecule has 7 rings (SSSR count). The molecule has 0 spiro atoms. The van der Waals surface area contributed by atoms with Gasteiger partial charge in [0, 0.05) is 66.8 Å². The van der Waals surface area contributed by atoms with Crippen molar-refractivity contribution < 1.29 is 28.1 Å². The Morgan fingerprint density at radius 1 is 0.981 bits per heavy atom. The van der Waals surface area contributed by atoms with Crippen molar-refractivity contribution in [1.82, 2.24) is 24.1 Å². The van der Waals surface area contributed by atoms with Crippen LogP contribution < -0.4 is 4.74 Å². The lowest BCUT2D eigenvalue weighted by atomic mass is 10.0. The molecule has 13 heteroatoms. The van der Waals surface area contributed by atoms with Gasteiger partial charge >= 0.3 is 5.97 Å². The Kier molecular flexibility index (Phi) is 11.4. The Hall–Kier alpha value is -4.36. The average Bonchev–Trinajstić information content (AvgIpc) is 3.79. The molecule has 3 aromatic heterocycles. The molecule has 8 bridgehead atoms. The third-order valence-electron chi connectivity index (χ3n) is 9.77. The van der Waals surface area contributed by atoms with Crippen LogP contribution in [0.2, 0.25) is 5.02 Å². The number of methoxy groups -OCH3 is 2. The first-order valence-corrected chi connectivity index (χ1v) is 19.2. The maximum Gasteiger partial charge on any atom is 0.354 e. The van der Waals surface area contributed by atoms with Gasteiger partial charge in [0.05, 0.1) is 61.7 Å². The Labute approximate surface area is 317 Å². The van der Waals surface area contributed by atoms with Gasteiger partial charge in [-0.25, -0.2) is 9.18 Å². The predicted octanol–water partition coefficient (Wildman–Crippen LogP) is 7.71. The topological polar surface area (TPSA) is 94.6 Å². The summed E-state index contributed by atoms with van der Waals surface area (Å²) in [4.78, 5) is 13.7. The van der Waals surface area contributed by atoms with E-state index in [1.807, 2.05) is 52.4 Å². The Balaban J connectivity index is 1.36. The van der Waals surface area contributed by atoms with E-state index in [0.717, 1.165) is 73.9 Å². The quantitative estimate of drug-likeness (QED) is 0.121. The number of fused-ring (bicyclic) bond motifs is 8. The Morgan fingerprint density at radius 2 is 1.83 bits per heavy atom. The lowest BCUT2D eigenvalue weighted by Crippen LogP contribution is -2.17. The highest BCUT2D eigenvalue weighted by atomic mass is 35.5. The summed E-state index contributed by atoms with van der Waals surface area (Å²) < 4.78 is 43.2. The number of hydrogen-bond donors (Lipinski definition) is 0. The number of ether oxygens (including phenoxy) is 4. The van der Waals surface area contributed by atoms with Crippen LogP contribution in [0.3, 0.4) is 0 Å². The van der Waals surface area contributed by atoms with E-state index in [-0.39, 0.29) is 5.82 Å². The number of thioether (sulfide) groups is 1. The van der Waals surface area contributed by atoms with Gasteiger partial charge in [0.1, 0.15) is 17.3 Å². The zero-order valence-electron chi connectivity index (χ0n) is 30.4. The zero-order chi connectivity index (χ0) is 37.1. The number of carbonyl (C=O) groups is 1. The molecule has 0 unspecified atom stereocenters. The number of carbonyl (C=O) groups excluding carboxylic acids is 1. The van der Waals surface area contributed by atoms with Crippen LogP contribution in [0.1, 0.15) is 45.0 Å². The van der Waals surface area contributed by atoms with Gasteiger partial charge in [-0.15, -0.1) is 0 Å². The minimum Gasteiger partial charge on any atom is -0.493 e. The maximum absolute atomic E-state index is 14.4. The summed E-state index contributed by atoms with van der Waals surface area (Å²) in [5.41, 5.74) is 7.99. The molecule has 278 valence electrons. The molecule has 0 N–H and O–H groups in total. The molecular formula is C40H43ClFN5O5S. The number of aryl methyl sites for hydroxylation is 5. The SMILES string of the molecule is COCCOCCn1c(C(=O)OC)c2c3ccc(Cl)c(c31)-c1c(cnn1C)CSCc1cc(n(C)n1)CCc1cc(c3ccc(F)cc3c1)OCCC2. The van der Waals surface area contributed by atoms with Crippen molar-refractivity contribution in [1.29, 1.82) is 0 Å². The van der Waals surface area contributed by atoms with Crippen LogP contribution >= 0.6 is 23.4 Å². The second kappa shape index (κ2) is 16.3. The summed E-state index contributed by atoms with van der Waals surface area (Å²) >= 11 is 8.89. The molecule has 0 amide bonds. The van der Waals surface area contributed by atoms with Gasteiger partial charge in [-0.05, 0) is 78.6 Å². The van der Waals surface area contributed by atoms with Crippen molar-refractivity contribution in [2.75, 3.05) is 40.6 Å². The summed E-state index contributed by atoms with van der Waals surface area (Å²) in [6, 6.07) is 14.9. The first-order chi connectivity index (χ1) is 25.8. The molecule has 0 aliphatic carbocycles. The molecule has 53 heavy (non-hydrogen) atoms. The van der Waals surface area contributed by atoms with Gasteiger partial charge in [0.2, 0.25) is 0 Å². The third-order valence-corrected chi connectivity index (χ3v) is 11.1. The molecule has 3 aromatic carbocycles. The van der Waals surface area contributed by atoms with Crippen LogP contribution in [0.25, 0.3) is 32.9 Å². The zero-order valence-corrected chi connectivity index (χ0v) is 32.0. The van der Waals surface area contributed by atoms with Gasteiger partial charge in [0.25, 0.3) is 0 Å². The standard InChI is InChI=1S/C40H43ClFN5O5S/c1-45-30-9-7-25-18-26-20-28(42)8-10-31(26)35(19-25)52-14-5-6-32-33-11-12-34(41)36(37-27(22-43-46(37)2)23-53-24-29(21-30)44-45)38(33)47(39(32)40(48)50-4)13-15-51-17-16-49-3/h8,10-12,18-22H,5-7,9,13-17,23-24H2,1-4H3. The van der Waals surface area contributed by atoms with Gasteiger partial charge in [-0.1, -0.05) is 23.7 Å². The summed E-state index contributed by atoms with van der Waals surface area (Å²) in [7, 11) is 6.92. The number of benzene rings is 3. The van der Waals surface area contributed by atoms with E-state index in [1.165, 1.54) is 13.2 Å². The van der Waals surface area contributed by atoms with Gasteiger partial charge in [-0.2, -0.15) is 22.0 Å². The second-order valence-electron chi connectivity index (χ2n) is 13.2. The Morgan fingerprint density at radius 3 is 2.66 bits per heavy atom.